The quantitative estimate of drug-likeness (QED) is 0.565. The first kappa shape index (κ1) is 16.3. The zero-order valence-corrected chi connectivity index (χ0v) is 15.0. The minimum Gasteiger partial charge on any atom is -0.361 e. The van der Waals surface area contributed by atoms with Gasteiger partial charge in [-0.1, -0.05) is 60.7 Å². The number of carbonyl (C=O) groups excluding carboxylic acids is 1. The monoisotopic (exact) mass is 366 g/mol. The molecule has 5 heteroatoms. The van der Waals surface area contributed by atoms with Gasteiger partial charge in [0.15, 0.2) is 0 Å². The van der Waals surface area contributed by atoms with Crippen LogP contribution < -0.4 is 10.6 Å². The van der Waals surface area contributed by atoms with E-state index in [1.54, 1.807) is 0 Å². The lowest BCUT2D eigenvalue weighted by molar-refractivity contribution is 0.0936. The maximum Gasteiger partial charge on any atom is 0.255 e. The van der Waals surface area contributed by atoms with Crippen molar-refractivity contribution < 1.29 is 4.79 Å². The summed E-state index contributed by atoms with van der Waals surface area (Å²) in [6.07, 6.45) is 1.61. The second-order valence-electron chi connectivity index (χ2n) is 6.68. The van der Waals surface area contributed by atoms with Gasteiger partial charge in [-0.3, -0.25) is 4.79 Å². The highest BCUT2D eigenvalue weighted by Gasteiger charge is 2.28. The van der Waals surface area contributed by atoms with E-state index in [0.29, 0.717) is 5.56 Å². The summed E-state index contributed by atoms with van der Waals surface area (Å²) in [6.45, 7) is 0. The van der Waals surface area contributed by atoms with Gasteiger partial charge in [-0.25, -0.2) is 4.68 Å². The molecule has 1 amide bonds. The van der Waals surface area contributed by atoms with Crippen LogP contribution in [0, 0.1) is 0 Å². The summed E-state index contributed by atoms with van der Waals surface area (Å²) >= 11 is 0. The van der Waals surface area contributed by atoms with Gasteiger partial charge in [0, 0.05) is 23.0 Å². The van der Waals surface area contributed by atoms with Gasteiger partial charge >= 0.3 is 0 Å². The van der Waals surface area contributed by atoms with Crippen molar-refractivity contribution in [3.63, 3.8) is 0 Å². The van der Waals surface area contributed by atoms with E-state index < -0.39 is 0 Å². The Morgan fingerprint density at radius 2 is 1.46 bits per heavy atom. The van der Waals surface area contributed by atoms with Gasteiger partial charge in [-0.15, -0.1) is 0 Å². The van der Waals surface area contributed by atoms with Crippen LogP contribution in [-0.4, -0.2) is 15.7 Å². The molecule has 4 aromatic rings. The van der Waals surface area contributed by atoms with Crippen LogP contribution >= 0.6 is 0 Å². The zero-order chi connectivity index (χ0) is 18.9. The first-order valence-electron chi connectivity index (χ1n) is 9.16. The number of benzene rings is 3. The van der Waals surface area contributed by atoms with Crippen molar-refractivity contribution in [2.24, 2.45) is 0 Å². The van der Waals surface area contributed by atoms with Crippen molar-refractivity contribution in [2.45, 2.75) is 6.17 Å². The van der Waals surface area contributed by atoms with E-state index in [4.69, 9.17) is 5.10 Å². The van der Waals surface area contributed by atoms with Crippen LogP contribution in [0.5, 0.6) is 0 Å². The summed E-state index contributed by atoms with van der Waals surface area (Å²) in [5.41, 5.74) is 5.19. The van der Waals surface area contributed by atoms with Gasteiger partial charge < -0.3 is 10.6 Å². The van der Waals surface area contributed by atoms with Gasteiger partial charge in [-0.2, -0.15) is 5.10 Å². The molecule has 136 valence electrons. The number of para-hydroxylation sites is 2. The lowest BCUT2D eigenvalue weighted by Gasteiger charge is -2.27. The lowest BCUT2D eigenvalue weighted by Crippen LogP contribution is -2.38. The van der Waals surface area contributed by atoms with Crippen LogP contribution in [0.2, 0.25) is 0 Å². The third-order valence-corrected chi connectivity index (χ3v) is 4.87. The third-order valence-electron chi connectivity index (χ3n) is 4.87. The van der Waals surface area contributed by atoms with Gasteiger partial charge in [0.1, 0.15) is 6.17 Å². The third kappa shape index (κ3) is 2.83. The smallest absolute Gasteiger partial charge is 0.255 e. The second kappa shape index (κ2) is 6.70. The first-order valence-corrected chi connectivity index (χ1v) is 9.16. The summed E-state index contributed by atoms with van der Waals surface area (Å²) in [5, 5.41) is 11.3. The fraction of sp³-hybridized carbons (Fsp3) is 0.0435. The van der Waals surface area contributed by atoms with E-state index in [1.165, 1.54) is 0 Å². The van der Waals surface area contributed by atoms with Crippen molar-refractivity contribution in [3.8, 4) is 16.9 Å². The highest BCUT2D eigenvalue weighted by atomic mass is 16.2. The average molecular weight is 366 g/mol. The number of amides is 1. The van der Waals surface area contributed by atoms with Crippen LogP contribution in [-0.2, 0) is 0 Å². The topological polar surface area (TPSA) is 59.0 Å². The van der Waals surface area contributed by atoms with E-state index >= 15 is 0 Å². The molecule has 0 saturated carbocycles. The highest BCUT2D eigenvalue weighted by molar-refractivity contribution is 6.01. The number of rotatable bonds is 3. The number of aromatic nitrogens is 2. The van der Waals surface area contributed by atoms with Gasteiger partial charge in [0.05, 0.1) is 16.9 Å². The molecule has 2 heterocycles. The van der Waals surface area contributed by atoms with E-state index in [0.717, 1.165) is 28.2 Å². The van der Waals surface area contributed by atoms with Crippen molar-refractivity contribution >= 4 is 11.6 Å². The number of hydrogen-bond donors (Lipinski definition) is 2. The van der Waals surface area contributed by atoms with E-state index in [9.17, 15) is 4.79 Å². The van der Waals surface area contributed by atoms with Crippen molar-refractivity contribution in [2.75, 3.05) is 5.32 Å². The Hall–Kier alpha value is -3.86. The SMILES string of the molecule is O=C1N[C@@H](c2cn(-c3ccccc3)nc2-c2ccccc2)Nc2ccccc21. The van der Waals surface area contributed by atoms with Crippen molar-refractivity contribution in [1.29, 1.82) is 0 Å². The van der Waals surface area contributed by atoms with Crippen LogP contribution in [0.3, 0.4) is 0 Å². The van der Waals surface area contributed by atoms with Crippen LogP contribution in [0.15, 0.2) is 91.1 Å². The summed E-state index contributed by atoms with van der Waals surface area (Å²) < 4.78 is 1.85. The number of hydrogen-bond acceptors (Lipinski definition) is 3. The molecular weight excluding hydrogens is 348 g/mol. The van der Waals surface area contributed by atoms with Crippen LogP contribution in [0.25, 0.3) is 16.9 Å². The van der Waals surface area contributed by atoms with E-state index in [-0.39, 0.29) is 12.1 Å². The molecule has 5 rings (SSSR count). The lowest BCUT2D eigenvalue weighted by atomic mass is 10.0. The van der Waals surface area contributed by atoms with Gasteiger partial charge in [0.25, 0.3) is 5.91 Å². The van der Waals surface area contributed by atoms with E-state index in [1.807, 2.05) is 95.8 Å². The molecule has 28 heavy (non-hydrogen) atoms. The molecule has 2 N–H and O–H groups in total. The van der Waals surface area contributed by atoms with E-state index in [2.05, 4.69) is 10.6 Å². The van der Waals surface area contributed by atoms with Gasteiger partial charge in [-0.05, 0) is 24.3 Å². The fourth-order valence-electron chi connectivity index (χ4n) is 3.49. The maximum absolute atomic E-state index is 12.6. The minimum atomic E-state index is -0.366. The number of fused-ring (bicyclic) bond motifs is 1. The Morgan fingerprint density at radius 3 is 2.25 bits per heavy atom. The summed E-state index contributed by atoms with van der Waals surface area (Å²) in [6, 6.07) is 27.5. The molecule has 0 radical (unpaired) electrons. The van der Waals surface area contributed by atoms with Crippen LogP contribution in [0.4, 0.5) is 5.69 Å². The largest absolute Gasteiger partial charge is 0.361 e. The minimum absolute atomic E-state index is 0.0918. The Morgan fingerprint density at radius 1 is 0.786 bits per heavy atom. The molecule has 1 aromatic heterocycles. The van der Waals surface area contributed by atoms with Gasteiger partial charge in [0.2, 0.25) is 0 Å². The molecule has 1 atom stereocenters. The van der Waals surface area contributed by atoms with Crippen molar-refractivity contribution in [3.05, 3.63) is 102 Å². The van der Waals surface area contributed by atoms with Crippen molar-refractivity contribution in [1.82, 2.24) is 15.1 Å². The molecule has 0 fully saturated rings. The Bertz CT molecular complexity index is 1140. The molecule has 0 spiro atoms. The molecule has 0 saturated heterocycles. The molecule has 1 aliphatic rings. The summed E-state index contributed by atoms with van der Waals surface area (Å²) in [7, 11) is 0. The highest BCUT2D eigenvalue weighted by Crippen LogP contribution is 2.32. The Labute approximate surface area is 162 Å². The molecule has 0 aliphatic carbocycles. The molecule has 0 bridgehead atoms. The molecular formula is C23H18N4O. The number of nitrogens with one attached hydrogen (secondary N) is 2. The second-order valence-corrected chi connectivity index (χ2v) is 6.68. The Kier molecular flexibility index (Phi) is 3.91. The number of carbonyl (C=O) groups is 1. The number of anilines is 1. The average Bonchev–Trinajstić information content (AvgIpc) is 3.21. The maximum atomic E-state index is 12.6. The Balaban J connectivity index is 1.62. The number of nitrogens with zero attached hydrogens (tertiary/aromatic N) is 2. The fourth-order valence-corrected chi connectivity index (χ4v) is 3.49. The zero-order valence-electron chi connectivity index (χ0n) is 15.0. The first-order chi connectivity index (χ1) is 13.8. The summed E-state index contributed by atoms with van der Waals surface area (Å²) in [5.74, 6) is -0.0918. The predicted molar refractivity (Wildman–Crippen MR) is 109 cm³/mol. The normalized spacial score (nSPS) is 15.4. The standard InChI is InChI=1S/C23H18N4O/c28-23-18-13-7-8-14-20(18)24-22(25-23)19-15-27(17-11-5-2-6-12-17)26-21(19)16-9-3-1-4-10-16/h1-15,22,24H,(H,25,28)/t22-/m0/s1. The van der Waals surface area contributed by atoms with Crippen LogP contribution in [0.1, 0.15) is 22.1 Å². The predicted octanol–water partition coefficient (Wildman–Crippen LogP) is 4.39. The molecule has 0 unspecified atom stereocenters. The molecule has 3 aromatic carbocycles. The molecule has 5 nitrogen and oxygen atoms in total. The summed E-state index contributed by atoms with van der Waals surface area (Å²) in [4.78, 5) is 12.6. The molecule has 1 aliphatic heterocycles.